The van der Waals surface area contributed by atoms with Gasteiger partial charge in [-0.15, -0.1) is 0 Å². The largest absolute Gasteiger partial charge is 0.497 e. The van der Waals surface area contributed by atoms with Crippen LogP contribution in [0.2, 0.25) is 0 Å². The van der Waals surface area contributed by atoms with Crippen molar-refractivity contribution in [2.24, 2.45) is 0 Å². The second kappa shape index (κ2) is 9.45. The van der Waals surface area contributed by atoms with Crippen molar-refractivity contribution in [1.29, 1.82) is 0 Å². The Bertz CT molecular complexity index is 1110. The first-order valence-electron chi connectivity index (χ1n) is 9.08. The number of aromatic nitrogens is 4. The number of nitrogens with zero attached hydrogens (tertiary/aromatic N) is 4. The van der Waals surface area contributed by atoms with E-state index in [0.717, 1.165) is 10.2 Å². The van der Waals surface area contributed by atoms with Gasteiger partial charge in [-0.05, 0) is 30.7 Å². The lowest BCUT2D eigenvalue weighted by atomic mass is 10.1. The van der Waals surface area contributed by atoms with Crippen LogP contribution >= 0.6 is 0 Å². The van der Waals surface area contributed by atoms with Gasteiger partial charge in [0.15, 0.2) is 0 Å². The van der Waals surface area contributed by atoms with Crippen LogP contribution in [-0.2, 0) is 17.9 Å². The number of ether oxygens (including phenoxy) is 1. The molecule has 0 aliphatic heterocycles. The molecule has 3 rings (SSSR count). The molecule has 29 heavy (non-hydrogen) atoms. The standard InChI is InChI=1S/C20H21N5O4/c1-29-16-6-2-5-15(13-16)17-8-9-20(28)25(23-17)14-18(26)21-10-4-12-24-19(27)7-3-11-22-24/h2-3,5-9,11,13H,4,10,12,14H2,1H3,(H,21,26). The third-order valence-electron chi connectivity index (χ3n) is 4.18. The number of nitrogens with one attached hydrogen (secondary N) is 1. The first-order valence-corrected chi connectivity index (χ1v) is 9.08. The predicted octanol–water partition coefficient (Wildman–Crippen LogP) is 0.682. The average molecular weight is 395 g/mol. The minimum atomic E-state index is -0.369. The number of hydrogen-bond acceptors (Lipinski definition) is 6. The molecule has 150 valence electrons. The quantitative estimate of drug-likeness (QED) is 0.562. The molecule has 0 aliphatic rings. The zero-order chi connectivity index (χ0) is 20.6. The van der Waals surface area contributed by atoms with Gasteiger partial charge < -0.3 is 10.1 Å². The van der Waals surface area contributed by atoms with E-state index in [2.05, 4.69) is 15.5 Å². The van der Waals surface area contributed by atoms with E-state index in [1.807, 2.05) is 18.2 Å². The van der Waals surface area contributed by atoms with Crippen LogP contribution < -0.4 is 21.2 Å². The van der Waals surface area contributed by atoms with Gasteiger partial charge in [-0.25, -0.2) is 9.36 Å². The predicted molar refractivity (Wildman–Crippen MR) is 107 cm³/mol. The van der Waals surface area contributed by atoms with Crippen molar-refractivity contribution in [3.8, 4) is 17.0 Å². The Balaban J connectivity index is 1.59. The smallest absolute Gasteiger partial charge is 0.267 e. The molecular formula is C20H21N5O4. The van der Waals surface area contributed by atoms with Gasteiger partial charge in [-0.2, -0.15) is 10.2 Å². The summed E-state index contributed by atoms with van der Waals surface area (Å²) in [5.41, 5.74) is 0.779. The van der Waals surface area contributed by atoms with Crippen molar-refractivity contribution in [3.63, 3.8) is 0 Å². The third-order valence-corrected chi connectivity index (χ3v) is 4.18. The van der Waals surface area contributed by atoms with Crippen LogP contribution in [0.1, 0.15) is 6.42 Å². The second-order valence-electron chi connectivity index (χ2n) is 6.23. The molecule has 0 fully saturated rings. The number of methoxy groups -OCH3 is 1. The molecule has 0 spiro atoms. The molecule has 3 aromatic rings. The molecule has 0 aliphatic carbocycles. The van der Waals surface area contributed by atoms with Crippen molar-refractivity contribution < 1.29 is 9.53 Å². The van der Waals surface area contributed by atoms with Gasteiger partial charge in [0.25, 0.3) is 11.1 Å². The maximum Gasteiger partial charge on any atom is 0.267 e. The van der Waals surface area contributed by atoms with E-state index in [1.54, 1.807) is 25.3 Å². The molecule has 0 unspecified atom stereocenters. The molecule has 0 atom stereocenters. The summed E-state index contributed by atoms with van der Waals surface area (Å²) in [6.45, 7) is 0.551. The topological polar surface area (TPSA) is 108 Å². The van der Waals surface area contributed by atoms with Gasteiger partial charge in [-0.3, -0.25) is 14.4 Å². The number of carbonyl (C=O) groups is 1. The van der Waals surface area contributed by atoms with Crippen molar-refractivity contribution in [2.45, 2.75) is 19.5 Å². The summed E-state index contributed by atoms with van der Waals surface area (Å²) < 4.78 is 7.65. The average Bonchev–Trinajstić information content (AvgIpc) is 2.74. The van der Waals surface area contributed by atoms with Crippen LogP contribution in [0.3, 0.4) is 0 Å². The van der Waals surface area contributed by atoms with Crippen molar-refractivity contribution in [2.75, 3.05) is 13.7 Å². The Hall–Kier alpha value is -3.75. The van der Waals surface area contributed by atoms with E-state index in [-0.39, 0.29) is 23.6 Å². The van der Waals surface area contributed by atoms with Crippen LogP contribution in [0.5, 0.6) is 5.75 Å². The summed E-state index contributed by atoms with van der Waals surface area (Å²) in [7, 11) is 1.57. The van der Waals surface area contributed by atoms with Crippen molar-refractivity contribution in [1.82, 2.24) is 24.9 Å². The van der Waals surface area contributed by atoms with Crippen LogP contribution in [0, 0.1) is 0 Å². The van der Waals surface area contributed by atoms with Gasteiger partial charge in [0.1, 0.15) is 12.3 Å². The SMILES string of the molecule is COc1cccc(-c2ccc(=O)n(CC(=O)NCCCn3ncccc3=O)n2)c1. The molecule has 1 N–H and O–H groups in total. The van der Waals surface area contributed by atoms with E-state index < -0.39 is 0 Å². The summed E-state index contributed by atoms with van der Waals surface area (Å²) in [6.07, 6.45) is 2.07. The maximum atomic E-state index is 12.2. The van der Waals surface area contributed by atoms with Gasteiger partial charge in [0, 0.05) is 37.0 Å². The summed E-state index contributed by atoms with van der Waals surface area (Å²) in [4.78, 5) is 35.8. The zero-order valence-electron chi connectivity index (χ0n) is 15.9. The highest BCUT2D eigenvalue weighted by Crippen LogP contribution is 2.20. The second-order valence-corrected chi connectivity index (χ2v) is 6.23. The van der Waals surface area contributed by atoms with Crippen LogP contribution in [0.15, 0.2) is 64.3 Å². The van der Waals surface area contributed by atoms with Crippen molar-refractivity contribution >= 4 is 5.91 Å². The fraction of sp³-hybridized carbons (Fsp3) is 0.250. The molecule has 9 nitrogen and oxygen atoms in total. The Morgan fingerprint density at radius 2 is 1.90 bits per heavy atom. The first kappa shape index (κ1) is 20.0. The first-order chi connectivity index (χ1) is 14.1. The normalized spacial score (nSPS) is 10.5. The number of amides is 1. The van der Waals surface area contributed by atoms with E-state index in [1.165, 1.54) is 23.0 Å². The van der Waals surface area contributed by atoms with E-state index >= 15 is 0 Å². The maximum absolute atomic E-state index is 12.2. The highest BCUT2D eigenvalue weighted by atomic mass is 16.5. The van der Waals surface area contributed by atoms with Crippen LogP contribution in [0.25, 0.3) is 11.3 Å². The minimum Gasteiger partial charge on any atom is -0.497 e. The molecule has 1 aromatic carbocycles. The summed E-state index contributed by atoms with van der Waals surface area (Å²) in [5.74, 6) is 0.336. The molecule has 0 saturated carbocycles. The highest BCUT2D eigenvalue weighted by molar-refractivity contribution is 5.75. The number of benzene rings is 1. The minimum absolute atomic E-state index is 0.191. The fourth-order valence-electron chi connectivity index (χ4n) is 2.70. The van der Waals surface area contributed by atoms with E-state index in [9.17, 15) is 14.4 Å². The molecule has 2 heterocycles. The Kier molecular flexibility index (Phi) is 6.51. The Morgan fingerprint density at radius 3 is 2.69 bits per heavy atom. The van der Waals surface area contributed by atoms with Gasteiger partial charge >= 0.3 is 0 Å². The molecule has 0 bridgehead atoms. The summed E-state index contributed by atoms with van der Waals surface area (Å²) >= 11 is 0. The molecule has 0 radical (unpaired) electrons. The number of carbonyl (C=O) groups excluding carboxylic acids is 1. The van der Waals surface area contributed by atoms with Crippen molar-refractivity contribution in [3.05, 3.63) is 75.4 Å². The lowest BCUT2D eigenvalue weighted by Crippen LogP contribution is -2.34. The molecule has 2 aromatic heterocycles. The monoisotopic (exact) mass is 395 g/mol. The third kappa shape index (κ3) is 5.38. The number of rotatable bonds is 8. The summed E-state index contributed by atoms with van der Waals surface area (Å²) in [5, 5.41) is 11.0. The Labute approximate surface area is 166 Å². The van der Waals surface area contributed by atoms with Crippen LogP contribution in [0.4, 0.5) is 0 Å². The zero-order valence-corrected chi connectivity index (χ0v) is 15.9. The molecule has 1 amide bonds. The van der Waals surface area contributed by atoms with E-state index in [0.29, 0.717) is 31.0 Å². The van der Waals surface area contributed by atoms with Gasteiger partial charge in [0.2, 0.25) is 5.91 Å². The van der Waals surface area contributed by atoms with Gasteiger partial charge in [-0.1, -0.05) is 12.1 Å². The van der Waals surface area contributed by atoms with Crippen LogP contribution in [-0.4, -0.2) is 39.1 Å². The lowest BCUT2D eigenvalue weighted by Gasteiger charge is -2.09. The molecular weight excluding hydrogens is 374 g/mol. The number of hydrogen-bond donors (Lipinski definition) is 1. The summed E-state index contributed by atoms with van der Waals surface area (Å²) in [6, 6.07) is 13.3. The molecule has 0 saturated heterocycles. The Morgan fingerprint density at radius 1 is 1.07 bits per heavy atom. The van der Waals surface area contributed by atoms with Gasteiger partial charge in [0.05, 0.1) is 12.8 Å². The van der Waals surface area contributed by atoms with E-state index in [4.69, 9.17) is 4.74 Å². The number of aryl methyl sites for hydroxylation is 1. The highest BCUT2D eigenvalue weighted by Gasteiger charge is 2.08. The lowest BCUT2D eigenvalue weighted by molar-refractivity contribution is -0.121. The molecule has 9 heteroatoms. The fourth-order valence-corrected chi connectivity index (χ4v) is 2.70.